The lowest BCUT2D eigenvalue weighted by atomic mass is 10.1. The lowest BCUT2D eigenvalue weighted by Crippen LogP contribution is -2.17. The number of nitrogens with one attached hydrogen (secondary N) is 1. The summed E-state index contributed by atoms with van der Waals surface area (Å²) in [6.45, 7) is 4.53. The van der Waals surface area contributed by atoms with Crippen LogP contribution in [0.4, 0.5) is 0 Å². The number of aromatic amines is 1. The minimum Gasteiger partial charge on any atom is -0.493 e. The molecule has 0 radical (unpaired) electrons. The molecule has 1 aromatic carbocycles. The smallest absolute Gasteiger partial charge is 0.284 e. The fourth-order valence-electron chi connectivity index (χ4n) is 3.86. The zero-order chi connectivity index (χ0) is 18.1. The highest BCUT2D eigenvalue weighted by Crippen LogP contribution is 2.35. The van der Waals surface area contributed by atoms with E-state index in [9.17, 15) is 4.79 Å². The Bertz CT molecular complexity index is 937. The van der Waals surface area contributed by atoms with Crippen molar-refractivity contribution in [2.24, 2.45) is 0 Å². The molecule has 0 atom stereocenters. The number of rotatable bonds is 5. The third kappa shape index (κ3) is 2.79. The van der Waals surface area contributed by atoms with Crippen molar-refractivity contribution in [1.29, 1.82) is 0 Å². The Kier molecular flexibility index (Phi) is 4.49. The number of aromatic nitrogens is 4. The van der Waals surface area contributed by atoms with Gasteiger partial charge in [0, 0.05) is 5.69 Å². The van der Waals surface area contributed by atoms with E-state index < -0.39 is 0 Å². The van der Waals surface area contributed by atoms with Crippen LogP contribution in [0.2, 0.25) is 0 Å². The fraction of sp³-hybridized carbons (Fsp3) is 0.450. The van der Waals surface area contributed by atoms with Crippen LogP contribution in [0.5, 0.6) is 5.75 Å². The van der Waals surface area contributed by atoms with Gasteiger partial charge in [0.25, 0.3) is 5.56 Å². The third-order valence-electron chi connectivity index (χ3n) is 5.11. The molecule has 0 unspecified atom stereocenters. The molecule has 0 saturated heterocycles. The molecule has 2 aliphatic heterocycles. The van der Waals surface area contributed by atoms with E-state index in [4.69, 9.17) is 9.72 Å². The van der Waals surface area contributed by atoms with E-state index in [2.05, 4.69) is 14.8 Å². The third-order valence-corrected chi connectivity index (χ3v) is 5.11. The van der Waals surface area contributed by atoms with Crippen LogP contribution in [0.15, 0.2) is 29.1 Å². The largest absolute Gasteiger partial charge is 0.493 e. The molecule has 0 aromatic heterocycles. The molecule has 0 amide bonds. The van der Waals surface area contributed by atoms with E-state index in [1.165, 1.54) is 12.8 Å². The van der Waals surface area contributed by atoms with E-state index in [1.54, 1.807) is 0 Å². The zero-order valence-electron chi connectivity index (χ0n) is 15.3. The summed E-state index contributed by atoms with van der Waals surface area (Å²) in [7, 11) is 0. The number of hydrogen-bond acceptors (Lipinski definition) is 4. The molecule has 4 rings (SSSR count). The Morgan fingerprint density at radius 1 is 1.19 bits per heavy atom. The lowest BCUT2D eigenvalue weighted by molar-refractivity contribution is 0.341. The molecule has 1 saturated carbocycles. The molecule has 3 aliphatic rings. The summed E-state index contributed by atoms with van der Waals surface area (Å²) in [6, 6.07) is 7.99. The second-order valence-electron chi connectivity index (χ2n) is 6.73. The number of benzene rings is 1. The SMILES string of the molecule is CCOc1ccccc1-c1nc2n(C3CCCC3)[nH]c(CC)c-2c(=O)n1. The van der Waals surface area contributed by atoms with Crippen molar-refractivity contribution < 1.29 is 4.74 Å². The highest BCUT2D eigenvalue weighted by molar-refractivity contribution is 5.68. The van der Waals surface area contributed by atoms with Gasteiger partial charge in [0.2, 0.25) is 0 Å². The van der Waals surface area contributed by atoms with Crippen molar-refractivity contribution in [3.05, 3.63) is 40.3 Å². The van der Waals surface area contributed by atoms with Gasteiger partial charge in [0.1, 0.15) is 11.3 Å². The van der Waals surface area contributed by atoms with Crippen LogP contribution < -0.4 is 10.3 Å². The Balaban J connectivity index is 1.91. The second kappa shape index (κ2) is 6.94. The van der Waals surface area contributed by atoms with Crippen LogP contribution in [0.1, 0.15) is 51.3 Å². The number of aryl methyl sites for hydroxylation is 1. The van der Waals surface area contributed by atoms with E-state index in [-0.39, 0.29) is 5.56 Å². The number of para-hydroxylation sites is 1. The van der Waals surface area contributed by atoms with Crippen molar-refractivity contribution in [3.63, 3.8) is 0 Å². The minimum atomic E-state index is -0.221. The number of nitrogens with zero attached hydrogens (tertiary/aromatic N) is 3. The molecule has 1 fully saturated rings. The van der Waals surface area contributed by atoms with Gasteiger partial charge in [-0.05, 0) is 38.3 Å². The topological polar surface area (TPSA) is 72.8 Å². The molecular formula is C20H24N4O2. The van der Waals surface area contributed by atoms with E-state index in [1.807, 2.05) is 38.1 Å². The molecule has 0 spiro atoms. The Morgan fingerprint density at radius 2 is 1.96 bits per heavy atom. The van der Waals surface area contributed by atoms with Crippen LogP contribution in [-0.2, 0) is 6.42 Å². The molecule has 6 heteroatoms. The average molecular weight is 352 g/mol. The van der Waals surface area contributed by atoms with Gasteiger partial charge in [-0.3, -0.25) is 14.6 Å². The van der Waals surface area contributed by atoms with Crippen LogP contribution in [-0.4, -0.2) is 26.4 Å². The van der Waals surface area contributed by atoms with Gasteiger partial charge in [0.05, 0.1) is 18.2 Å². The number of fused-ring (bicyclic) bond motifs is 1. The van der Waals surface area contributed by atoms with Crippen molar-refractivity contribution in [2.75, 3.05) is 6.61 Å². The first-order valence-electron chi connectivity index (χ1n) is 9.46. The number of H-pyrrole nitrogens is 1. The summed E-state index contributed by atoms with van der Waals surface area (Å²) in [6.07, 6.45) is 5.42. The second-order valence-corrected chi connectivity index (χ2v) is 6.73. The molecular weight excluding hydrogens is 328 g/mol. The van der Waals surface area contributed by atoms with Crippen molar-refractivity contribution in [2.45, 2.75) is 52.0 Å². The van der Waals surface area contributed by atoms with Gasteiger partial charge in [-0.2, -0.15) is 4.98 Å². The molecule has 136 valence electrons. The predicted octanol–water partition coefficient (Wildman–Crippen LogP) is 3.81. The monoisotopic (exact) mass is 352 g/mol. The fourth-order valence-corrected chi connectivity index (χ4v) is 3.86. The first-order valence-corrected chi connectivity index (χ1v) is 9.46. The zero-order valence-corrected chi connectivity index (χ0v) is 15.3. The maximum Gasteiger partial charge on any atom is 0.284 e. The van der Waals surface area contributed by atoms with E-state index >= 15 is 0 Å². The van der Waals surface area contributed by atoms with Crippen LogP contribution >= 0.6 is 0 Å². The maximum absolute atomic E-state index is 12.8. The maximum atomic E-state index is 12.8. The highest BCUT2D eigenvalue weighted by atomic mass is 16.5. The average Bonchev–Trinajstić information content (AvgIpc) is 3.30. The predicted molar refractivity (Wildman–Crippen MR) is 101 cm³/mol. The quantitative estimate of drug-likeness (QED) is 0.758. The van der Waals surface area contributed by atoms with Crippen molar-refractivity contribution >= 4 is 0 Å². The van der Waals surface area contributed by atoms with Gasteiger partial charge in [-0.25, -0.2) is 4.98 Å². The molecule has 1 N–H and O–H groups in total. The molecule has 1 aliphatic carbocycles. The normalized spacial score (nSPS) is 15.0. The molecule has 0 bridgehead atoms. The Morgan fingerprint density at radius 3 is 2.69 bits per heavy atom. The van der Waals surface area contributed by atoms with Gasteiger partial charge in [-0.15, -0.1) is 0 Å². The summed E-state index contributed by atoms with van der Waals surface area (Å²) in [4.78, 5) is 21.9. The molecule has 6 nitrogen and oxygen atoms in total. The van der Waals surface area contributed by atoms with Gasteiger partial charge < -0.3 is 4.74 Å². The Hall–Kier alpha value is -2.63. The number of hydrogen-bond donors (Lipinski definition) is 1. The standard InChI is InChI=1S/C20H24N4O2/c1-3-15-17-19(24(23-15)13-9-5-6-10-13)21-18(22-20(17)25)14-11-7-8-12-16(14)26-4-2/h7-8,11-13,23H,3-6,9-10H2,1-2H3. The molecule has 1 aromatic rings. The summed E-state index contributed by atoms with van der Waals surface area (Å²) < 4.78 is 7.80. The first kappa shape index (κ1) is 16.8. The summed E-state index contributed by atoms with van der Waals surface area (Å²) >= 11 is 0. The lowest BCUT2D eigenvalue weighted by Gasteiger charge is -2.14. The Labute approximate surface area is 152 Å². The summed E-state index contributed by atoms with van der Waals surface area (Å²) in [5.41, 5.74) is 2.07. The van der Waals surface area contributed by atoms with Crippen molar-refractivity contribution in [1.82, 2.24) is 19.7 Å². The van der Waals surface area contributed by atoms with Crippen molar-refractivity contribution in [3.8, 4) is 28.5 Å². The highest BCUT2D eigenvalue weighted by Gasteiger charge is 2.28. The summed E-state index contributed by atoms with van der Waals surface area (Å²) in [5, 5.41) is 3.42. The van der Waals surface area contributed by atoms with Gasteiger partial charge in [-0.1, -0.05) is 31.9 Å². The van der Waals surface area contributed by atoms with Crippen LogP contribution in [0.3, 0.4) is 0 Å². The first-order chi connectivity index (χ1) is 12.7. The van der Waals surface area contributed by atoms with Crippen LogP contribution in [0.25, 0.3) is 22.8 Å². The van der Waals surface area contributed by atoms with E-state index in [0.717, 1.165) is 36.3 Å². The van der Waals surface area contributed by atoms with Gasteiger partial charge >= 0.3 is 0 Å². The molecule has 26 heavy (non-hydrogen) atoms. The summed E-state index contributed by atoms with van der Waals surface area (Å²) in [5.74, 6) is 1.85. The number of ether oxygens (including phenoxy) is 1. The van der Waals surface area contributed by atoms with E-state index in [0.29, 0.717) is 29.8 Å². The minimum absolute atomic E-state index is 0.221. The van der Waals surface area contributed by atoms with Crippen LogP contribution in [0, 0.1) is 0 Å². The molecule has 2 heterocycles. The van der Waals surface area contributed by atoms with Gasteiger partial charge in [0.15, 0.2) is 11.6 Å².